The fraction of sp³-hybridized carbons (Fsp3) is 0.333. The van der Waals surface area contributed by atoms with Crippen molar-refractivity contribution in [3.8, 4) is 5.75 Å². The molecule has 0 aliphatic rings. The quantitative estimate of drug-likeness (QED) is 0.858. The van der Waals surface area contributed by atoms with Crippen LogP contribution in [0.4, 0.5) is 4.39 Å². The fourth-order valence-corrected chi connectivity index (χ4v) is 2.46. The molecule has 2 rings (SSSR count). The lowest BCUT2D eigenvalue weighted by Crippen LogP contribution is -2.24. The molecule has 0 saturated carbocycles. The maximum absolute atomic E-state index is 13.6. The maximum Gasteiger partial charge on any atom is 0.123 e. The average Bonchev–Trinajstić information content (AvgIpc) is 2.48. The molecule has 0 amide bonds. The molecule has 2 nitrogen and oxygen atoms in total. The van der Waals surface area contributed by atoms with Gasteiger partial charge in [0.1, 0.15) is 11.6 Å². The van der Waals surface area contributed by atoms with E-state index in [1.165, 1.54) is 6.07 Å². The minimum Gasteiger partial charge on any atom is -0.496 e. The molecule has 1 atom stereocenters. The molecule has 1 unspecified atom stereocenters. The van der Waals surface area contributed by atoms with Crippen molar-refractivity contribution in [3.05, 3.63) is 65.0 Å². The lowest BCUT2D eigenvalue weighted by atomic mass is 9.96. The van der Waals surface area contributed by atoms with Crippen LogP contribution in [0.1, 0.15) is 36.1 Å². The summed E-state index contributed by atoms with van der Waals surface area (Å²) < 4.78 is 19.0. The van der Waals surface area contributed by atoms with E-state index in [9.17, 15) is 4.39 Å². The monoisotopic (exact) mass is 287 g/mol. The van der Waals surface area contributed by atoms with E-state index in [2.05, 4.69) is 18.3 Å². The Morgan fingerprint density at radius 2 is 2.00 bits per heavy atom. The van der Waals surface area contributed by atoms with E-state index in [4.69, 9.17) is 4.74 Å². The molecule has 0 bridgehead atoms. The SMILES string of the molecule is CCCNC(c1cccc(F)c1)c1cc(C)ccc1OC. The highest BCUT2D eigenvalue weighted by molar-refractivity contribution is 5.43. The number of ether oxygens (including phenoxy) is 1. The molecule has 0 radical (unpaired) electrons. The zero-order chi connectivity index (χ0) is 15.2. The molecule has 0 spiro atoms. The van der Waals surface area contributed by atoms with Crippen molar-refractivity contribution in [2.45, 2.75) is 26.3 Å². The first-order valence-corrected chi connectivity index (χ1v) is 7.29. The number of methoxy groups -OCH3 is 1. The first kappa shape index (κ1) is 15.5. The summed E-state index contributed by atoms with van der Waals surface area (Å²) in [6.07, 6.45) is 1.01. The molecular weight excluding hydrogens is 265 g/mol. The van der Waals surface area contributed by atoms with Gasteiger partial charge in [-0.25, -0.2) is 4.39 Å². The van der Waals surface area contributed by atoms with Crippen LogP contribution in [0.25, 0.3) is 0 Å². The van der Waals surface area contributed by atoms with Crippen LogP contribution < -0.4 is 10.1 Å². The molecule has 1 N–H and O–H groups in total. The molecule has 0 heterocycles. The summed E-state index contributed by atoms with van der Waals surface area (Å²) in [5.41, 5.74) is 3.11. The van der Waals surface area contributed by atoms with Crippen LogP contribution in [0.5, 0.6) is 5.75 Å². The number of halogens is 1. The first-order valence-electron chi connectivity index (χ1n) is 7.29. The maximum atomic E-state index is 13.6. The summed E-state index contributed by atoms with van der Waals surface area (Å²) >= 11 is 0. The number of hydrogen-bond acceptors (Lipinski definition) is 2. The summed E-state index contributed by atoms with van der Waals surface area (Å²) in [6, 6.07) is 12.7. The Morgan fingerprint density at radius 3 is 2.67 bits per heavy atom. The van der Waals surface area contributed by atoms with Crippen molar-refractivity contribution < 1.29 is 9.13 Å². The zero-order valence-corrected chi connectivity index (χ0v) is 12.8. The predicted molar refractivity (Wildman–Crippen MR) is 84.3 cm³/mol. The van der Waals surface area contributed by atoms with Crippen molar-refractivity contribution in [3.63, 3.8) is 0 Å². The van der Waals surface area contributed by atoms with Crippen LogP contribution in [0.3, 0.4) is 0 Å². The van der Waals surface area contributed by atoms with Gasteiger partial charge in [-0.05, 0) is 43.7 Å². The molecule has 112 valence electrons. The second-order valence-electron chi connectivity index (χ2n) is 5.19. The predicted octanol–water partition coefficient (Wildman–Crippen LogP) is 4.23. The van der Waals surface area contributed by atoms with Crippen molar-refractivity contribution in [2.24, 2.45) is 0 Å². The largest absolute Gasteiger partial charge is 0.496 e. The van der Waals surface area contributed by atoms with Crippen LogP contribution in [-0.2, 0) is 0 Å². The van der Waals surface area contributed by atoms with Gasteiger partial charge in [-0.1, -0.05) is 36.8 Å². The van der Waals surface area contributed by atoms with E-state index in [1.54, 1.807) is 19.2 Å². The summed E-state index contributed by atoms with van der Waals surface area (Å²) in [4.78, 5) is 0. The number of aryl methyl sites for hydroxylation is 1. The molecule has 2 aromatic carbocycles. The number of rotatable bonds is 6. The van der Waals surface area contributed by atoms with Crippen LogP contribution >= 0.6 is 0 Å². The molecule has 0 fully saturated rings. The van der Waals surface area contributed by atoms with Crippen molar-refractivity contribution in [2.75, 3.05) is 13.7 Å². The van der Waals surface area contributed by atoms with Crippen LogP contribution in [0.15, 0.2) is 42.5 Å². The Bertz CT molecular complexity index is 598. The third-order valence-corrected chi connectivity index (χ3v) is 3.48. The van der Waals surface area contributed by atoms with E-state index < -0.39 is 0 Å². The van der Waals surface area contributed by atoms with Gasteiger partial charge in [-0.2, -0.15) is 0 Å². The van der Waals surface area contributed by atoms with Crippen LogP contribution in [0, 0.1) is 12.7 Å². The van der Waals surface area contributed by atoms with Gasteiger partial charge < -0.3 is 10.1 Å². The molecule has 0 aliphatic heterocycles. The van der Waals surface area contributed by atoms with Gasteiger partial charge in [-0.3, -0.25) is 0 Å². The van der Waals surface area contributed by atoms with Gasteiger partial charge in [0.15, 0.2) is 0 Å². The van der Waals surface area contributed by atoms with Gasteiger partial charge in [-0.15, -0.1) is 0 Å². The van der Waals surface area contributed by atoms with E-state index >= 15 is 0 Å². The summed E-state index contributed by atoms with van der Waals surface area (Å²) in [5.74, 6) is 0.598. The van der Waals surface area contributed by atoms with E-state index in [0.717, 1.165) is 35.4 Å². The van der Waals surface area contributed by atoms with Crippen molar-refractivity contribution >= 4 is 0 Å². The van der Waals surface area contributed by atoms with Gasteiger partial charge in [0, 0.05) is 5.56 Å². The minimum atomic E-state index is -0.220. The first-order chi connectivity index (χ1) is 10.2. The van der Waals surface area contributed by atoms with E-state index in [0.29, 0.717) is 0 Å². The average molecular weight is 287 g/mol. The Balaban J connectivity index is 2.47. The van der Waals surface area contributed by atoms with Crippen molar-refractivity contribution in [1.29, 1.82) is 0 Å². The molecule has 0 aromatic heterocycles. The highest BCUT2D eigenvalue weighted by Crippen LogP contribution is 2.31. The zero-order valence-electron chi connectivity index (χ0n) is 12.8. The third kappa shape index (κ3) is 3.82. The highest BCUT2D eigenvalue weighted by atomic mass is 19.1. The molecule has 0 saturated heterocycles. The van der Waals surface area contributed by atoms with Crippen LogP contribution in [0.2, 0.25) is 0 Å². The second kappa shape index (κ2) is 7.23. The number of hydrogen-bond donors (Lipinski definition) is 1. The molecule has 3 heteroatoms. The van der Waals surface area contributed by atoms with Gasteiger partial charge in [0.25, 0.3) is 0 Å². The highest BCUT2D eigenvalue weighted by Gasteiger charge is 2.18. The lowest BCUT2D eigenvalue weighted by Gasteiger charge is -2.22. The standard InChI is InChI=1S/C18H22FNO/c1-4-10-20-18(14-6-5-7-15(19)12-14)16-11-13(2)8-9-17(16)21-3/h5-9,11-12,18,20H,4,10H2,1-3H3. The summed E-state index contributed by atoms with van der Waals surface area (Å²) in [6.45, 7) is 5.02. The molecular formula is C18H22FNO. The Labute approximate surface area is 126 Å². The minimum absolute atomic E-state index is 0.0736. The normalized spacial score (nSPS) is 12.2. The Kier molecular flexibility index (Phi) is 5.34. The molecule has 0 aliphatic carbocycles. The van der Waals surface area contributed by atoms with E-state index in [1.807, 2.05) is 25.1 Å². The fourth-order valence-electron chi connectivity index (χ4n) is 2.46. The smallest absolute Gasteiger partial charge is 0.123 e. The lowest BCUT2D eigenvalue weighted by molar-refractivity contribution is 0.403. The molecule has 21 heavy (non-hydrogen) atoms. The third-order valence-electron chi connectivity index (χ3n) is 3.48. The Hall–Kier alpha value is -1.87. The van der Waals surface area contributed by atoms with Crippen LogP contribution in [-0.4, -0.2) is 13.7 Å². The van der Waals surface area contributed by atoms with Gasteiger partial charge in [0.05, 0.1) is 13.2 Å². The van der Waals surface area contributed by atoms with E-state index in [-0.39, 0.29) is 11.9 Å². The summed E-state index contributed by atoms with van der Waals surface area (Å²) in [7, 11) is 1.66. The topological polar surface area (TPSA) is 21.3 Å². The van der Waals surface area contributed by atoms with Crippen molar-refractivity contribution in [1.82, 2.24) is 5.32 Å². The molecule has 2 aromatic rings. The summed E-state index contributed by atoms with van der Waals surface area (Å²) in [5, 5.41) is 3.48. The Morgan fingerprint density at radius 1 is 1.19 bits per heavy atom. The second-order valence-corrected chi connectivity index (χ2v) is 5.19. The number of nitrogens with one attached hydrogen (secondary N) is 1. The van der Waals surface area contributed by atoms with Gasteiger partial charge >= 0.3 is 0 Å². The number of benzene rings is 2. The van der Waals surface area contributed by atoms with Gasteiger partial charge in [0.2, 0.25) is 0 Å².